The normalized spacial score (nSPS) is 11.6. The van der Waals surface area contributed by atoms with Gasteiger partial charge in [-0.05, 0) is 24.1 Å². The molecule has 3 heteroatoms. The minimum atomic E-state index is -0.167. The second kappa shape index (κ2) is 6.98. The number of hydrogen-bond acceptors (Lipinski definition) is 1. The number of hydrogen-bond donors (Lipinski definition) is 1. The van der Waals surface area contributed by atoms with Crippen LogP contribution in [-0.4, -0.2) is 11.9 Å². The molecule has 1 unspecified atom stereocenters. The molecule has 0 radical (unpaired) electrons. The summed E-state index contributed by atoms with van der Waals surface area (Å²) in [5, 5.41) is 3.49. The van der Waals surface area contributed by atoms with Crippen molar-refractivity contribution in [2.24, 2.45) is 0 Å². The van der Waals surface area contributed by atoms with Crippen LogP contribution in [0.2, 0.25) is 5.02 Å². The van der Waals surface area contributed by atoms with Crippen LogP contribution in [0.15, 0.2) is 24.3 Å². The van der Waals surface area contributed by atoms with Gasteiger partial charge in [-0.1, -0.05) is 43.0 Å². The van der Waals surface area contributed by atoms with E-state index < -0.39 is 0 Å². The number of nitrogens with one attached hydrogen (secondary N) is 1. The summed E-state index contributed by atoms with van der Waals surface area (Å²) in [4.78, 5) is 11.7. The summed E-state index contributed by atoms with van der Waals surface area (Å²) in [7, 11) is 0. The summed E-state index contributed by atoms with van der Waals surface area (Å²) in [5.41, 5.74) is 0.930. The third-order valence-corrected chi connectivity index (χ3v) is 2.64. The van der Waals surface area contributed by atoms with Gasteiger partial charge in [-0.3, -0.25) is 4.79 Å². The van der Waals surface area contributed by atoms with E-state index in [1.54, 1.807) is 12.1 Å². The van der Waals surface area contributed by atoms with Gasteiger partial charge in [0.15, 0.2) is 0 Å². The molecule has 0 fully saturated rings. The smallest absolute Gasteiger partial charge is 0.225 e. The van der Waals surface area contributed by atoms with Gasteiger partial charge in [-0.15, -0.1) is 6.42 Å². The molecular formula is C14H16ClNO. The maximum Gasteiger partial charge on any atom is 0.225 e. The van der Waals surface area contributed by atoms with Crippen molar-refractivity contribution in [3.05, 3.63) is 34.9 Å². The lowest BCUT2D eigenvalue weighted by atomic mass is 10.1. The highest BCUT2D eigenvalue weighted by Crippen LogP contribution is 2.10. The van der Waals surface area contributed by atoms with E-state index in [1.165, 1.54) is 0 Å². The number of terminal acetylenes is 1. The Balaban J connectivity index is 2.49. The fraction of sp³-hybridized carbons (Fsp3) is 0.357. The van der Waals surface area contributed by atoms with E-state index in [0.717, 1.165) is 18.4 Å². The molecular weight excluding hydrogens is 234 g/mol. The molecule has 0 aromatic heterocycles. The van der Waals surface area contributed by atoms with Crippen LogP contribution in [0.4, 0.5) is 0 Å². The summed E-state index contributed by atoms with van der Waals surface area (Å²) in [6, 6.07) is 7.06. The zero-order chi connectivity index (χ0) is 12.7. The van der Waals surface area contributed by atoms with Crippen LogP contribution in [0.5, 0.6) is 0 Å². The van der Waals surface area contributed by atoms with Crippen molar-refractivity contribution < 1.29 is 4.79 Å². The summed E-state index contributed by atoms with van der Waals surface area (Å²) in [6.07, 6.45) is 7.43. The van der Waals surface area contributed by atoms with E-state index in [1.807, 2.05) is 19.1 Å². The monoisotopic (exact) mass is 249 g/mol. The average Bonchev–Trinajstić information content (AvgIpc) is 2.31. The molecule has 0 aliphatic heterocycles. The fourth-order valence-electron chi connectivity index (χ4n) is 1.52. The van der Waals surface area contributed by atoms with E-state index in [9.17, 15) is 4.79 Å². The number of rotatable bonds is 5. The first-order valence-corrected chi connectivity index (χ1v) is 6.03. The van der Waals surface area contributed by atoms with E-state index in [0.29, 0.717) is 11.4 Å². The molecule has 1 aromatic carbocycles. The van der Waals surface area contributed by atoms with Crippen LogP contribution in [0.3, 0.4) is 0 Å². The van der Waals surface area contributed by atoms with E-state index >= 15 is 0 Å². The number of benzene rings is 1. The summed E-state index contributed by atoms with van der Waals surface area (Å²) < 4.78 is 0. The van der Waals surface area contributed by atoms with Gasteiger partial charge in [0.25, 0.3) is 0 Å². The maximum absolute atomic E-state index is 11.7. The van der Waals surface area contributed by atoms with Crippen LogP contribution in [0.1, 0.15) is 25.3 Å². The molecule has 0 aliphatic carbocycles. The number of carbonyl (C=O) groups is 1. The molecule has 1 amide bonds. The Bertz CT molecular complexity index is 405. The lowest BCUT2D eigenvalue weighted by Gasteiger charge is -2.11. The van der Waals surface area contributed by atoms with Gasteiger partial charge in [0.2, 0.25) is 5.91 Å². The molecule has 1 N–H and O–H groups in total. The first kappa shape index (κ1) is 13.6. The molecule has 0 heterocycles. The third-order valence-electron chi connectivity index (χ3n) is 2.39. The molecule has 0 aliphatic rings. The quantitative estimate of drug-likeness (QED) is 0.799. The van der Waals surface area contributed by atoms with Crippen LogP contribution in [-0.2, 0) is 11.2 Å². The lowest BCUT2D eigenvalue weighted by molar-refractivity contribution is -0.120. The molecule has 1 atom stereocenters. The van der Waals surface area contributed by atoms with Crippen molar-refractivity contribution in [1.29, 1.82) is 0 Å². The SMILES string of the molecule is C#CC(CCC)NC(=O)Cc1ccc(Cl)cc1. The predicted molar refractivity (Wildman–Crippen MR) is 70.8 cm³/mol. The topological polar surface area (TPSA) is 29.1 Å². The molecule has 1 aromatic rings. The Kier molecular flexibility index (Phi) is 5.59. The average molecular weight is 250 g/mol. The molecule has 0 bridgehead atoms. The van der Waals surface area contributed by atoms with Crippen LogP contribution < -0.4 is 5.32 Å². The van der Waals surface area contributed by atoms with Crippen LogP contribution in [0.25, 0.3) is 0 Å². The van der Waals surface area contributed by atoms with E-state index in [2.05, 4.69) is 11.2 Å². The third kappa shape index (κ3) is 4.93. The minimum absolute atomic E-state index is 0.0521. The molecule has 0 spiro atoms. The number of carbonyl (C=O) groups excluding carboxylic acids is 1. The maximum atomic E-state index is 11.7. The van der Waals surface area contributed by atoms with Gasteiger partial charge in [0.05, 0.1) is 12.5 Å². The van der Waals surface area contributed by atoms with Crippen molar-refractivity contribution in [3.63, 3.8) is 0 Å². The van der Waals surface area contributed by atoms with E-state index in [4.69, 9.17) is 18.0 Å². The fourth-order valence-corrected chi connectivity index (χ4v) is 1.64. The zero-order valence-electron chi connectivity index (χ0n) is 9.87. The second-order valence-corrected chi connectivity index (χ2v) is 4.32. The first-order chi connectivity index (χ1) is 8.15. The highest BCUT2D eigenvalue weighted by atomic mass is 35.5. The van der Waals surface area contributed by atoms with Gasteiger partial charge in [-0.2, -0.15) is 0 Å². The molecule has 0 saturated carbocycles. The number of halogens is 1. The molecule has 0 saturated heterocycles. The molecule has 2 nitrogen and oxygen atoms in total. The molecule has 17 heavy (non-hydrogen) atoms. The minimum Gasteiger partial charge on any atom is -0.342 e. The van der Waals surface area contributed by atoms with Crippen molar-refractivity contribution in [2.75, 3.05) is 0 Å². The Hall–Kier alpha value is -1.46. The zero-order valence-corrected chi connectivity index (χ0v) is 10.6. The largest absolute Gasteiger partial charge is 0.342 e. The van der Waals surface area contributed by atoms with Crippen LogP contribution in [0, 0.1) is 12.3 Å². The standard InChI is InChI=1S/C14H16ClNO/c1-3-5-13(4-2)16-14(17)10-11-6-8-12(15)9-7-11/h2,6-9,13H,3,5,10H2,1H3,(H,16,17). The van der Waals surface area contributed by atoms with Crippen LogP contribution >= 0.6 is 11.6 Å². The van der Waals surface area contributed by atoms with Gasteiger partial charge in [-0.25, -0.2) is 0 Å². The first-order valence-electron chi connectivity index (χ1n) is 5.65. The number of amides is 1. The highest BCUT2D eigenvalue weighted by molar-refractivity contribution is 6.30. The van der Waals surface area contributed by atoms with E-state index in [-0.39, 0.29) is 11.9 Å². The van der Waals surface area contributed by atoms with Gasteiger partial charge in [0.1, 0.15) is 0 Å². The second-order valence-electron chi connectivity index (χ2n) is 3.88. The van der Waals surface area contributed by atoms with Gasteiger partial charge < -0.3 is 5.32 Å². The lowest BCUT2D eigenvalue weighted by Crippen LogP contribution is -2.34. The van der Waals surface area contributed by atoms with Gasteiger partial charge in [0, 0.05) is 5.02 Å². The Labute approximate surface area is 107 Å². The molecule has 90 valence electrons. The molecule has 1 rings (SSSR count). The summed E-state index contributed by atoms with van der Waals surface area (Å²) in [5.74, 6) is 2.52. The van der Waals surface area contributed by atoms with Gasteiger partial charge >= 0.3 is 0 Å². The predicted octanol–water partition coefficient (Wildman–Crippen LogP) is 2.80. The summed E-state index contributed by atoms with van der Waals surface area (Å²) in [6.45, 7) is 2.04. The summed E-state index contributed by atoms with van der Waals surface area (Å²) >= 11 is 5.77. The Morgan fingerprint density at radius 1 is 1.47 bits per heavy atom. The van der Waals surface area contributed by atoms with Crippen molar-refractivity contribution in [2.45, 2.75) is 32.2 Å². The van der Waals surface area contributed by atoms with Crippen molar-refractivity contribution >= 4 is 17.5 Å². The Morgan fingerprint density at radius 3 is 2.65 bits per heavy atom. The van der Waals surface area contributed by atoms with Crippen molar-refractivity contribution in [1.82, 2.24) is 5.32 Å². The van der Waals surface area contributed by atoms with Crippen molar-refractivity contribution in [3.8, 4) is 12.3 Å². The Morgan fingerprint density at radius 2 is 2.12 bits per heavy atom. The highest BCUT2D eigenvalue weighted by Gasteiger charge is 2.08.